The van der Waals surface area contributed by atoms with Crippen LogP contribution < -0.4 is 5.63 Å². The van der Waals surface area contributed by atoms with Crippen molar-refractivity contribution in [2.45, 2.75) is 13.3 Å². The summed E-state index contributed by atoms with van der Waals surface area (Å²) in [6.45, 7) is 1.87. The number of aromatic nitrogens is 3. The van der Waals surface area contributed by atoms with Crippen molar-refractivity contribution >= 4 is 22.6 Å². The Morgan fingerprint density at radius 1 is 1.37 bits per heavy atom. The molecule has 0 N–H and O–H groups in total. The number of benzene rings is 1. The molecule has 0 aliphatic heterocycles. The van der Waals surface area contributed by atoms with Crippen molar-refractivity contribution in [1.29, 1.82) is 0 Å². The van der Waals surface area contributed by atoms with Crippen LogP contribution in [0.25, 0.3) is 16.7 Å². The third-order valence-corrected chi connectivity index (χ3v) is 3.11. The summed E-state index contributed by atoms with van der Waals surface area (Å²) in [4.78, 5) is 16.1. The third kappa shape index (κ3) is 1.92. The van der Waals surface area contributed by atoms with E-state index in [2.05, 4.69) is 10.1 Å². The first-order valence-corrected chi connectivity index (χ1v) is 6.21. The van der Waals surface area contributed by atoms with Gasteiger partial charge in [0.1, 0.15) is 5.39 Å². The van der Waals surface area contributed by atoms with Gasteiger partial charge in [0.2, 0.25) is 0 Å². The molecule has 0 saturated heterocycles. The molecular weight excluding hydrogens is 266 g/mol. The van der Waals surface area contributed by atoms with Gasteiger partial charge in [-0.2, -0.15) is 10.1 Å². The molecule has 0 amide bonds. The van der Waals surface area contributed by atoms with Gasteiger partial charge in [-0.3, -0.25) is 0 Å². The molecule has 2 aromatic heterocycles. The largest absolute Gasteiger partial charge is 0.408 e. The molecule has 0 radical (unpaired) electrons. The van der Waals surface area contributed by atoms with Crippen LogP contribution in [0.1, 0.15) is 12.8 Å². The number of para-hydroxylation sites is 1. The number of halogens is 1. The lowest BCUT2D eigenvalue weighted by molar-refractivity contribution is 0.449. The Morgan fingerprint density at radius 2 is 2.16 bits per heavy atom. The van der Waals surface area contributed by atoms with E-state index in [4.69, 9.17) is 16.0 Å². The lowest BCUT2D eigenvalue weighted by atomic mass is 10.3. The van der Waals surface area contributed by atoms with Crippen molar-refractivity contribution in [3.63, 3.8) is 0 Å². The first-order chi connectivity index (χ1) is 9.20. The molecule has 2 heterocycles. The normalized spacial score (nSPS) is 11.1. The molecule has 0 atom stereocenters. The zero-order valence-corrected chi connectivity index (χ0v) is 10.9. The number of nitrogens with zero attached hydrogens (tertiary/aromatic N) is 3. The Balaban J connectivity index is 2.34. The molecule has 19 heavy (non-hydrogen) atoms. The van der Waals surface area contributed by atoms with Gasteiger partial charge in [-0.05, 0) is 12.1 Å². The van der Waals surface area contributed by atoms with E-state index < -0.39 is 5.63 Å². The van der Waals surface area contributed by atoms with Crippen molar-refractivity contribution in [2.75, 3.05) is 0 Å². The highest BCUT2D eigenvalue weighted by Crippen LogP contribution is 2.22. The molecule has 0 fully saturated rings. The quantitative estimate of drug-likeness (QED) is 0.721. The molecular formula is C13H10ClN3O2. The summed E-state index contributed by atoms with van der Waals surface area (Å²) in [6, 6.07) is 7.25. The van der Waals surface area contributed by atoms with Gasteiger partial charge < -0.3 is 4.42 Å². The van der Waals surface area contributed by atoms with Gasteiger partial charge in [-0.1, -0.05) is 30.7 Å². The number of aryl methyl sites for hydroxylation is 1. The van der Waals surface area contributed by atoms with E-state index >= 15 is 0 Å². The van der Waals surface area contributed by atoms with Crippen LogP contribution in [0.5, 0.6) is 0 Å². The van der Waals surface area contributed by atoms with Crippen molar-refractivity contribution in [1.82, 2.24) is 14.8 Å². The van der Waals surface area contributed by atoms with Crippen LogP contribution in [0.4, 0.5) is 0 Å². The van der Waals surface area contributed by atoms with Gasteiger partial charge in [0.05, 0.1) is 16.9 Å². The maximum Gasteiger partial charge on any atom is 0.350 e. The molecule has 0 unspecified atom stereocenters. The summed E-state index contributed by atoms with van der Waals surface area (Å²) in [5.74, 6) is 0.381. The molecule has 3 aromatic rings. The number of hydrogen-bond acceptors (Lipinski definition) is 4. The average molecular weight is 276 g/mol. The molecule has 6 heteroatoms. The van der Waals surface area contributed by atoms with Gasteiger partial charge in [0.25, 0.3) is 0 Å². The predicted molar refractivity (Wildman–Crippen MR) is 71.8 cm³/mol. The molecule has 5 nitrogen and oxygen atoms in total. The minimum absolute atomic E-state index is 0.345. The fourth-order valence-electron chi connectivity index (χ4n) is 1.85. The summed E-state index contributed by atoms with van der Waals surface area (Å²) in [6.07, 6.45) is 1.98. The van der Waals surface area contributed by atoms with Crippen LogP contribution in [-0.2, 0) is 6.42 Å². The first-order valence-electron chi connectivity index (χ1n) is 5.83. The van der Waals surface area contributed by atoms with Gasteiger partial charge in [-0.15, -0.1) is 0 Å². The van der Waals surface area contributed by atoms with Crippen LogP contribution >= 0.6 is 11.6 Å². The Bertz CT molecular complexity index is 807. The Kier molecular flexibility index (Phi) is 2.83. The lowest BCUT2D eigenvalue weighted by Crippen LogP contribution is -2.06. The van der Waals surface area contributed by atoms with Crippen molar-refractivity contribution in [2.24, 2.45) is 0 Å². The Hall–Kier alpha value is -2.14. The van der Waals surface area contributed by atoms with Crippen LogP contribution in [0.15, 0.2) is 39.7 Å². The van der Waals surface area contributed by atoms with E-state index in [-0.39, 0.29) is 0 Å². The van der Waals surface area contributed by atoms with E-state index in [1.165, 1.54) is 6.20 Å². The fraction of sp³-hybridized carbons (Fsp3) is 0.154. The Morgan fingerprint density at radius 3 is 2.89 bits per heavy atom. The molecule has 0 aliphatic carbocycles. The van der Waals surface area contributed by atoms with Gasteiger partial charge in [0, 0.05) is 6.42 Å². The summed E-state index contributed by atoms with van der Waals surface area (Å²) in [5.41, 5.74) is 0.709. The van der Waals surface area contributed by atoms with E-state index in [0.29, 0.717) is 34.1 Å². The number of fused-ring (bicyclic) bond motifs is 1. The summed E-state index contributed by atoms with van der Waals surface area (Å²) < 4.78 is 6.62. The second-order valence-electron chi connectivity index (χ2n) is 3.99. The summed E-state index contributed by atoms with van der Waals surface area (Å²) in [7, 11) is 0. The molecule has 0 aliphatic rings. The molecule has 0 spiro atoms. The highest BCUT2D eigenvalue weighted by molar-refractivity contribution is 6.32. The summed E-state index contributed by atoms with van der Waals surface area (Å²) in [5, 5.41) is 5.06. The third-order valence-electron chi connectivity index (χ3n) is 2.79. The van der Waals surface area contributed by atoms with Crippen molar-refractivity contribution in [3.8, 4) is 5.69 Å². The van der Waals surface area contributed by atoms with Crippen molar-refractivity contribution in [3.05, 3.63) is 51.8 Å². The van der Waals surface area contributed by atoms with E-state index in [1.807, 2.05) is 25.1 Å². The van der Waals surface area contributed by atoms with Crippen LogP contribution in [0, 0.1) is 0 Å². The van der Waals surface area contributed by atoms with E-state index in [1.54, 1.807) is 10.7 Å². The van der Waals surface area contributed by atoms with Crippen molar-refractivity contribution < 1.29 is 4.42 Å². The SMILES string of the molecule is CCc1nc2c(cnn2-c2ccccc2Cl)c(=O)o1. The smallest absolute Gasteiger partial charge is 0.350 e. The maximum absolute atomic E-state index is 11.8. The highest BCUT2D eigenvalue weighted by Gasteiger charge is 2.13. The second kappa shape index (κ2) is 4.51. The van der Waals surface area contributed by atoms with Gasteiger partial charge in [0.15, 0.2) is 11.5 Å². The van der Waals surface area contributed by atoms with E-state index in [0.717, 1.165) is 0 Å². The highest BCUT2D eigenvalue weighted by atomic mass is 35.5. The minimum Gasteiger partial charge on any atom is -0.408 e. The molecule has 0 saturated carbocycles. The zero-order chi connectivity index (χ0) is 13.4. The predicted octanol–water partition coefficient (Wildman–Crippen LogP) is 2.59. The molecule has 3 rings (SSSR count). The number of rotatable bonds is 2. The average Bonchev–Trinajstić information content (AvgIpc) is 2.83. The van der Waals surface area contributed by atoms with Crippen LogP contribution in [0.3, 0.4) is 0 Å². The minimum atomic E-state index is -0.430. The standard InChI is InChI=1S/C13H10ClN3O2/c1-2-11-16-12-8(13(18)19-11)7-15-17(12)10-6-4-3-5-9(10)14/h3-7H,2H2,1H3. The van der Waals surface area contributed by atoms with Gasteiger partial charge >= 0.3 is 5.63 Å². The monoisotopic (exact) mass is 275 g/mol. The number of hydrogen-bond donors (Lipinski definition) is 0. The molecule has 1 aromatic carbocycles. The zero-order valence-electron chi connectivity index (χ0n) is 10.1. The topological polar surface area (TPSA) is 60.9 Å². The van der Waals surface area contributed by atoms with E-state index in [9.17, 15) is 4.79 Å². The van der Waals surface area contributed by atoms with Gasteiger partial charge in [-0.25, -0.2) is 9.48 Å². The van der Waals surface area contributed by atoms with Crippen LogP contribution in [-0.4, -0.2) is 14.8 Å². The first kappa shape index (κ1) is 11.9. The molecule has 0 bridgehead atoms. The lowest BCUT2D eigenvalue weighted by Gasteiger charge is -2.04. The Labute approximate surface area is 113 Å². The maximum atomic E-state index is 11.8. The summed E-state index contributed by atoms with van der Waals surface area (Å²) >= 11 is 6.14. The van der Waals surface area contributed by atoms with Crippen LogP contribution in [0.2, 0.25) is 5.02 Å². The molecule has 96 valence electrons. The second-order valence-corrected chi connectivity index (χ2v) is 4.40. The fourth-order valence-corrected chi connectivity index (χ4v) is 2.06.